The van der Waals surface area contributed by atoms with Gasteiger partial charge in [-0.05, 0) is 12.1 Å². The van der Waals surface area contributed by atoms with E-state index in [0.717, 1.165) is 11.4 Å². The molecule has 3 N–H and O–H groups in total. The highest BCUT2D eigenvalue weighted by molar-refractivity contribution is 5.72. The summed E-state index contributed by atoms with van der Waals surface area (Å²) >= 11 is 0. The van der Waals surface area contributed by atoms with Crippen molar-refractivity contribution < 1.29 is 4.52 Å². The lowest BCUT2D eigenvalue weighted by Gasteiger charge is -2.08. The average molecular weight is 214 g/mol. The van der Waals surface area contributed by atoms with Gasteiger partial charge < -0.3 is 15.6 Å². The van der Waals surface area contributed by atoms with Crippen LogP contribution in [0.15, 0.2) is 35.1 Å². The molecular weight excluding hydrogens is 204 g/mol. The van der Waals surface area contributed by atoms with Gasteiger partial charge in [-0.1, -0.05) is 11.2 Å². The fourth-order valence-electron chi connectivity index (χ4n) is 1.33. The van der Waals surface area contributed by atoms with Crippen molar-refractivity contribution in [3.63, 3.8) is 0 Å². The van der Waals surface area contributed by atoms with Crippen molar-refractivity contribution in [2.75, 3.05) is 11.1 Å². The molecule has 0 bridgehead atoms. The molecule has 5 heteroatoms. The first kappa shape index (κ1) is 10.1. The Balaban J connectivity index is 2.13. The molecule has 0 unspecified atom stereocenters. The van der Waals surface area contributed by atoms with Gasteiger partial charge in [0.15, 0.2) is 0 Å². The van der Waals surface area contributed by atoms with E-state index < -0.39 is 0 Å². The number of nitrogens with two attached hydrogens (primary N) is 1. The maximum atomic E-state index is 8.81. The number of rotatable bonds is 3. The third-order valence-corrected chi connectivity index (χ3v) is 2.18. The number of benzene rings is 1. The Bertz CT molecular complexity index is 513. The largest absolute Gasteiger partial charge is 0.396 e. The van der Waals surface area contributed by atoms with E-state index in [2.05, 4.69) is 10.5 Å². The fraction of sp³-hybridized carbons (Fsp3) is 0.0909. The van der Waals surface area contributed by atoms with Crippen LogP contribution in [-0.2, 0) is 6.54 Å². The van der Waals surface area contributed by atoms with Gasteiger partial charge in [0.05, 0.1) is 23.5 Å². The lowest BCUT2D eigenvalue weighted by Crippen LogP contribution is -2.03. The van der Waals surface area contributed by atoms with E-state index >= 15 is 0 Å². The number of nitriles is 1. The molecule has 16 heavy (non-hydrogen) atoms. The predicted octanol–water partition coefficient (Wildman–Crippen LogP) is 1.74. The van der Waals surface area contributed by atoms with E-state index in [-0.39, 0.29) is 0 Å². The number of hydrogen-bond acceptors (Lipinski definition) is 5. The molecule has 0 aliphatic heterocycles. The first-order valence-electron chi connectivity index (χ1n) is 4.73. The van der Waals surface area contributed by atoms with Crippen molar-refractivity contribution in [3.8, 4) is 6.07 Å². The van der Waals surface area contributed by atoms with Crippen molar-refractivity contribution in [3.05, 3.63) is 41.8 Å². The van der Waals surface area contributed by atoms with E-state index in [0.29, 0.717) is 17.8 Å². The smallest absolute Gasteiger partial charge is 0.124 e. The molecule has 0 aliphatic carbocycles. The number of hydrogen-bond donors (Lipinski definition) is 2. The number of aromatic nitrogens is 1. The second-order valence-electron chi connectivity index (χ2n) is 3.22. The molecule has 0 aliphatic rings. The van der Waals surface area contributed by atoms with Crippen LogP contribution in [0.4, 0.5) is 11.4 Å². The second-order valence-corrected chi connectivity index (χ2v) is 3.22. The van der Waals surface area contributed by atoms with Crippen LogP contribution >= 0.6 is 0 Å². The lowest BCUT2D eigenvalue weighted by molar-refractivity contribution is 0.412. The lowest BCUT2D eigenvalue weighted by atomic mass is 10.1. The minimum absolute atomic E-state index is 0.452. The zero-order valence-electron chi connectivity index (χ0n) is 8.47. The monoisotopic (exact) mass is 214 g/mol. The minimum atomic E-state index is 0.452. The number of para-hydroxylation sites is 1. The molecule has 1 aromatic heterocycles. The van der Waals surface area contributed by atoms with Gasteiger partial charge >= 0.3 is 0 Å². The number of nitrogens with zero attached hydrogens (tertiary/aromatic N) is 2. The fourth-order valence-corrected chi connectivity index (χ4v) is 1.33. The summed E-state index contributed by atoms with van der Waals surface area (Å²) in [6.07, 6.45) is 1.51. The van der Waals surface area contributed by atoms with Gasteiger partial charge in [-0.15, -0.1) is 0 Å². The molecule has 0 saturated heterocycles. The van der Waals surface area contributed by atoms with Crippen molar-refractivity contribution in [2.45, 2.75) is 6.54 Å². The first-order valence-corrected chi connectivity index (χ1v) is 4.73. The maximum Gasteiger partial charge on any atom is 0.124 e. The maximum absolute atomic E-state index is 8.81. The summed E-state index contributed by atoms with van der Waals surface area (Å²) in [4.78, 5) is 0. The van der Waals surface area contributed by atoms with Crippen LogP contribution in [0.1, 0.15) is 11.3 Å². The summed E-state index contributed by atoms with van der Waals surface area (Å²) in [5, 5.41) is 15.7. The van der Waals surface area contributed by atoms with E-state index in [4.69, 9.17) is 15.5 Å². The third kappa shape index (κ3) is 1.96. The number of anilines is 2. The van der Waals surface area contributed by atoms with Crippen LogP contribution in [0.25, 0.3) is 0 Å². The van der Waals surface area contributed by atoms with Crippen LogP contribution < -0.4 is 11.1 Å². The Kier molecular flexibility index (Phi) is 2.74. The summed E-state index contributed by atoms with van der Waals surface area (Å²) in [7, 11) is 0. The van der Waals surface area contributed by atoms with Gasteiger partial charge in [0, 0.05) is 6.07 Å². The molecule has 2 rings (SSSR count). The molecule has 5 nitrogen and oxygen atoms in total. The van der Waals surface area contributed by atoms with Crippen molar-refractivity contribution >= 4 is 11.4 Å². The molecule has 0 amide bonds. The SMILES string of the molecule is N#Cc1cccc(NCc2ccon2)c1N. The van der Waals surface area contributed by atoms with Crippen LogP contribution in [0.3, 0.4) is 0 Å². The van der Waals surface area contributed by atoms with E-state index in [9.17, 15) is 0 Å². The molecule has 0 radical (unpaired) electrons. The standard InChI is InChI=1S/C11H10N4O/c12-6-8-2-1-3-10(11(8)13)14-7-9-4-5-16-15-9/h1-5,14H,7,13H2. The molecule has 0 spiro atoms. The van der Waals surface area contributed by atoms with Gasteiger partial charge in [-0.25, -0.2) is 0 Å². The molecule has 0 saturated carbocycles. The van der Waals surface area contributed by atoms with E-state index in [1.807, 2.05) is 12.1 Å². The zero-order valence-corrected chi connectivity index (χ0v) is 8.47. The van der Waals surface area contributed by atoms with Gasteiger partial charge in [-0.3, -0.25) is 0 Å². The van der Waals surface area contributed by atoms with Crippen LogP contribution in [0.5, 0.6) is 0 Å². The van der Waals surface area contributed by atoms with Crippen molar-refractivity contribution in [1.82, 2.24) is 5.16 Å². The summed E-state index contributed by atoms with van der Waals surface area (Å²) in [5.74, 6) is 0. The number of nitrogen functional groups attached to an aromatic ring is 1. The molecule has 1 aromatic carbocycles. The summed E-state index contributed by atoms with van der Waals surface area (Å²) in [6.45, 7) is 0.510. The van der Waals surface area contributed by atoms with Gasteiger partial charge in [0.25, 0.3) is 0 Å². The van der Waals surface area contributed by atoms with Gasteiger partial charge in [0.1, 0.15) is 18.0 Å². The Labute approximate surface area is 92.5 Å². The van der Waals surface area contributed by atoms with E-state index in [1.165, 1.54) is 6.26 Å². The summed E-state index contributed by atoms with van der Waals surface area (Å²) in [6, 6.07) is 9.06. The predicted molar refractivity (Wildman–Crippen MR) is 59.4 cm³/mol. The quantitative estimate of drug-likeness (QED) is 0.760. The summed E-state index contributed by atoms with van der Waals surface area (Å²) in [5.41, 5.74) is 8.22. The Morgan fingerprint density at radius 3 is 3.00 bits per heavy atom. The Morgan fingerprint density at radius 2 is 2.31 bits per heavy atom. The molecule has 0 atom stereocenters. The van der Waals surface area contributed by atoms with E-state index in [1.54, 1.807) is 18.2 Å². The highest BCUT2D eigenvalue weighted by Crippen LogP contribution is 2.22. The highest BCUT2D eigenvalue weighted by Gasteiger charge is 2.04. The molecule has 2 aromatic rings. The van der Waals surface area contributed by atoms with Crippen molar-refractivity contribution in [1.29, 1.82) is 5.26 Å². The van der Waals surface area contributed by atoms with Crippen molar-refractivity contribution in [2.24, 2.45) is 0 Å². The first-order chi connectivity index (χ1) is 7.81. The molecule has 80 valence electrons. The molecule has 1 heterocycles. The van der Waals surface area contributed by atoms with Gasteiger partial charge in [-0.2, -0.15) is 5.26 Å². The molecule has 0 fully saturated rings. The zero-order chi connectivity index (χ0) is 11.4. The molecular formula is C11H10N4O. The highest BCUT2D eigenvalue weighted by atomic mass is 16.5. The average Bonchev–Trinajstić information content (AvgIpc) is 2.81. The topological polar surface area (TPSA) is 87.9 Å². The summed E-state index contributed by atoms with van der Waals surface area (Å²) < 4.78 is 4.70. The van der Waals surface area contributed by atoms with Gasteiger partial charge in [0.2, 0.25) is 0 Å². The van der Waals surface area contributed by atoms with Crippen LogP contribution in [0, 0.1) is 11.3 Å². The minimum Gasteiger partial charge on any atom is -0.396 e. The second kappa shape index (κ2) is 4.36. The normalized spacial score (nSPS) is 9.69. The Morgan fingerprint density at radius 1 is 1.44 bits per heavy atom. The third-order valence-electron chi connectivity index (χ3n) is 2.18. The Hall–Kier alpha value is -2.48. The van der Waals surface area contributed by atoms with Crippen LogP contribution in [0.2, 0.25) is 0 Å². The number of nitrogens with one attached hydrogen (secondary N) is 1. The van der Waals surface area contributed by atoms with Crippen LogP contribution in [-0.4, -0.2) is 5.16 Å².